The standard InChI is InChI=1S/C20H26N4O4S/c1-13-6-8-20(9-7-13)18(27)24(19(28)21-20)22-16(25)14-4-2-10-23(12-14)17(26)15-5-3-11-29-15/h3,5,11,13-14H,2,4,6-10,12H2,1H3,(H,21,28)(H,22,25). The van der Waals surface area contributed by atoms with Crippen molar-refractivity contribution in [1.29, 1.82) is 0 Å². The van der Waals surface area contributed by atoms with E-state index in [1.165, 1.54) is 11.3 Å². The second kappa shape index (κ2) is 7.78. The molecule has 0 radical (unpaired) electrons. The lowest BCUT2D eigenvalue weighted by molar-refractivity contribution is -0.142. The summed E-state index contributed by atoms with van der Waals surface area (Å²) in [6.45, 7) is 3.03. The molecular weight excluding hydrogens is 392 g/mol. The Hall–Kier alpha value is -2.42. The molecule has 0 bridgehead atoms. The number of likely N-dealkylation sites (tertiary alicyclic amines) is 1. The molecule has 3 heterocycles. The Balaban J connectivity index is 1.39. The monoisotopic (exact) mass is 418 g/mol. The summed E-state index contributed by atoms with van der Waals surface area (Å²) in [5, 5.41) is 5.50. The number of hydrogen-bond acceptors (Lipinski definition) is 5. The molecule has 9 heteroatoms. The van der Waals surface area contributed by atoms with E-state index >= 15 is 0 Å². The lowest BCUT2D eigenvalue weighted by Crippen LogP contribution is -2.54. The van der Waals surface area contributed by atoms with Gasteiger partial charge in [-0.15, -0.1) is 11.3 Å². The number of carbonyl (C=O) groups excluding carboxylic acids is 4. The first kappa shape index (κ1) is 19.9. The van der Waals surface area contributed by atoms with Gasteiger partial charge in [-0.05, 0) is 55.9 Å². The lowest BCUT2D eigenvalue weighted by atomic mass is 9.77. The van der Waals surface area contributed by atoms with Crippen LogP contribution in [0.15, 0.2) is 17.5 Å². The van der Waals surface area contributed by atoms with Gasteiger partial charge in [-0.2, -0.15) is 5.01 Å². The van der Waals surface area contributed by atoms with Gasteiger partial charge in [0.05, 0.1) is 10.8 Å². The van der Waals surface area contributed by atoms with Crippen molar-refractivity contribution in [2.75, 3.05) is 13.1 Å². The topological polar surface area (TPSA) is 98.8 Å². The van der Waals surface area contributed by atoms with Crippen LogP contribution in [0.4, 0.5) is 4.79 Å². The number of nitrogens with one attached hydrogen (secondary N) is 2. The molecule has 2 saturated heterocycles. The van der Waals surface area contributed by atoms with Gasteiger partial charge >= 0.3 is 6.03 Å². The number of amides is 5. The fourth-order valence-corrected chi connectivity index (χ4v) is 5.14. The highest BCUT2D eigenvalue weighted by molar-refractivity contribution is 7.12. The molecule has 156 valence electrons. The Morgan fingerprint density at radius 3 is 2.69 bits per heavy atom. The number of hydrogen-bond donors (Lipinski definition) is 2. The predicted molar refractivity (Wildman–Crippen MR) is 107 cm³/mol. The molecule has 2 N–H and O–H groups in total. The number of imide groups is 1. The van der Waals surface area contributed by atoms with Crippen molar-refractivity contribution in [2.45, 2.75) is 51.0 Å². The molecule has 1 aromatic heterocycles. The minimum Gasteiger partial charge on any atom is -0.337 e. The second-order valence-electron chi connectivity index (χ2n) is 8.38. The number of hydrazine groups is 1. The van der Waals surface area contributed by atoms with Gasteiger partial charge in [0, 0.05) is 13.1 Å². The molecule has 8 nitrogen and oxygen atoms in total. The maximum atomic E-state index is 12.9. The molecule has 4 rings (SSSR count). The molecule has 1 aromatic rings. The van der Waals surface area contributed by atoms with E-state index in [0.717, 1.165) is 17.9 Å². The van der Waals surface area contributed by atoms with E-state index in [1.54, 1.807) is 11.0 Å². The minimum atomic E-state index is -0.884. The number of thiophene rings is 1. The summed E-state index contributed by atoms with van der Waals surface area (Å²) in [5.41, 5.74) is 1.64. The molecule has 1 atom stereocenters. The molecule has 1 spiro atoms. The highest BCUT2D eigenvalue weighted by Crippen LogP contribution is 2.36. The number of nitrogens with zero attached hydrogens (tertiary/aromatic N) is 2. The van der Waals surface area contributed by atoms with Crippen LogP contribution in [0.25, 0.3) is 0 Å². The summed E-state index contributed by atoms with van der Waals surface area (Å²) in [4.78, 5) is 53.0. The third-order valence-corrected chi connectivity index (χ3v) is 7.18. The van der Waals surface area contributed by atoms with E-state index in [0.29, 0.717) is 43.0 Å². The van der Waals surface area contributed by atoms with Crippen LogP contribution in [-0.4, -0.2) is 52.3 Å². The van der Waals surface area contributed by atoms with E-state index in [1.807, 2.05) is 11.4 Å². The molecule has 3 fully saturated rings. The van der Waals surface area contributed by atoms with Crippen LogP contribution >= 0.6 is 11.3 Å². The van der Waals surface area contributed by atoms with Gasteiger partial charge in [0.25, 0.3) is 11.8 Å². The quantitative estimate of drug-likeness (QED) is 0.735. The van der Waals surface area contributed by atoms with Crippen molar-refractivity contribution >= 4 is 35.1 Å². The zero-order valence-electron chi connectivity index (χ0n) is 16.5. The second-order valence-corrected chi connectivity index (χ2v) is 9.33. The van der Waals surface area contributed by atoms with Crippen LogP contribution in [-0.2, 0) is 9.59 Å². The molecule has 3 aliphatic rings. The zero-order chi connectivity index (χ0) is 20.6. The van der Waals surface area contributed by atoms with Crippen molar-refractivity contribution in [3.63, 3.8) is 0 Å². The fourth-order valence-electron chi connectivity index (χ4n) is 4.45. The summed E-state index contributed by atoms with van der Waals surface area (Å²) in [7, 11) is 0. The van der Waals surface area contributed by atoms with Crippen LogP contribution in [0.5, 0.6) is 0 Å². The summed E-state index contributed by atoms with van der Waals surface area (Å²) in [6.07, 6.45) is 4.26. The van der Waals surface area contributed by atoms with Gasteiger partial charge in [0.2, 0.25) is 5.91 Å². The third kappa shape index (κ3) is 3.75. The van der Waals surface area contributed by atoms with Crippen molar-refractivity contribution in [2.24, 2.45) is 11.8 Å². The third-order valence-electron chi connectivity index (χ3n) is 6.32. The summed E-state index contributed by atoms with van der Waals surface area (Å²) in [5.74, 6) is -0.759. The van der Waals surface area contributed by atoms with E-state index in [2.05, 4.69) is 17.7 Å². The van der Waals surface area contributed by atoms with Crippen molar-refractivity contribution in [3.05, 3.63) is 22.4 Å². The summed E-state index contributed by atoms with van der Waals surface area (Å²) >= 11 is 1.38. The molecule has 1 unspecified atom stereocenters. The fraction of sp³-hybridized carbons (Fsp3) is 0.600. The molecular formula is C20H26N4O4S. The molecule has 1 aliphatic carbocycles. The van der Waals surface area contributed by atoms with Crippen LogP contribution < -0.4 is 10.7 Å². The van der Waals surface area contributed by atoms with Crippen LogP contribution in [0.2, 0.25) is 0 Å². The van der Waals surface area contributed by atoms with Crippen molar-refractivity contribution in [1.82, 2.24) is 20.7 Å². The number of piperidine rings is 1. The van der Waals surface area contributed by atoms with E-state index in [9.17, 15) is 19.2 Å². The van der Waals surface area contributed by atoms with Crippen LogP contribution in [0.3, 0.4) is 0 Å². The smallest absolute Gasteiger partial charge is 0.337 e. The lowest BCUT2D eigenvalue weighted by Gasteiger charge is -2.34. The van der Waals surface area contributed by atoms with Crippen molar-refractivity contribution in [3.8, 4) is 0 Å². The van der Waals surface area contributed by atoms with E-state index in [-0.39, 0.29) is 18.4 Å². The normalized spacial score (nSPS) is 29.8. The molecule has 0 aromatic carbocycles. The SMILES string of the molecule is CC1CCC2(CC1)NC(=O)N(NC(=O)C1CCCN(C(=O)c3cccs3)C1)C2=O. The van der Waals surface area contributed by atoms with Gasteiger partial charge in [-0.1, -0.05) is 13.0 Å². The number of urea groups is 1. The molecule has 2 aliphatic heterocycles. The first-order valence-corrected chi connectivity index (χ1v) is 11.1. The Bertz CT molecular complexity index is 816. The highest BCUT2D eigenvalue weighted by Gasteiger charge is 2.53. The molecule has 1 saturated carbocycles. The maximum Gasteiger partial charge on any atom is 0.344 e. The zero-order valence-corrected chi connectivity index (χ0v) is 17.3. The number of rotatable bonds is 3. The van der Waals surface area contributed by atoms with Crippen LogP contribution in [0, 0.1) is 11.8 Å². The van der Waals surface area contributed by atoms with Gasteiger partial charge in [0.15, 0.2) is 0 Å². The van der Waals surface area contributed by atoms with E-state index in [4.69, 9.17) is 0 Å². The average molecular weight is 419 g/mol. The molecule has 29 heavy (non-hydrogen) atoms. The van der Waals surface area contributed by atoms with E-state index < -0.39 is 23.4 Å². The van der Waals surface area contributed by atoms with Crippen molar-refractivity contribution < 1.29 is 19.2 Å². The van der Waals surface area contributed by atoms with Gasteiger partial charge in [0.1, 0.15) is 5.54 Å². The largest absolute Gasteiger partial charge is 0.344 e. The van der Waals surface area contributed by atoms with Gasteiger partial charge in [-0.25, -0.2) is 4.79 Å². The minimum absolute atomic E-state index is 0.0808. The Labute approximate surface area is 173 Å². The maximum absolute atomic E-state index is 12.9. The van der Waals surface area contributed by atoms with Gasteiger partial charge in [-0.3, -0.25) is 19.8 Å². The predicted octanol–water partition coefficient (Wildman–Crippen LogP) is 2.13. The first-order valence-electron chi connectivity index (χ1n) is 10.2. The Morgan fingerprint density at radius 2 is 2.00 bits per heavy atom. The van der Waals surface area contributed by atoms with Crippen LogP contribution in [0.1, 0.15) is 55.1 Å². The molecule has 5 amide bonds. The highest BCUT2D eigenvalue weighted by atomic mass is 32.1. The first-order chi connectivity index (χ1) is 13.9. The number of carbonyl (C=O) groups is 4. The summed E-state index contributed by atoms with van der Waals surface area (Å²) < 4.78 is 0. The summed E-state index contributed by atoms with van der Waals surface area (Å²) in [6, 6.07) is 3.03. The average Bonchev–Trinajstić information content (AvgIpc) is 3.34. The Kier molecular flexibility index (Phi) is 5.33. The Morgan fingerprint density at radius 1 is 1.24 bits per heavy atom. The van der Waals surface area contributed by atoms with Gasteiger partial charge < -0.3 is 10.2 Å².